The largest absolute Gasteiger partial charge is 0.493 e. The van der Waals surface area contributed by atoms with E-state index in [4.69, 9.17) is 19.4 Å². The summed E-state index contributed by atoms with van der Waals surface area (Å²) >= 11 is 0. The molecule has 0 aliphatic rings. The summed E-state index contributed by atoms with van der Waals surface area (Å²) in [6, 6.07) is 18.3. The number of aliphatic carboxylic acids is 2. The van der Waals surface area contributed by atoms with Crippen molar-refractivity contribution in [3.05, 3.63) is 89.7 Å². The lowest BCUT2D eigenvalue weighted by molar-refractivity contribution is -0.192. The predicted octanol–water partition coefficient (Wildman–Crippen LogP) is 5.47. The van der Waals surface area contributed by atoms with Crippen LogP contribution >= 0.6 is 0 Å². The molecule has 0 radical (unpaired) electrons. The molecule has 10 nitrogen and oxygen atoms in total. The number of halogens is 3. The third-order valence-corrected chi connectivity index (χ3v) is 5.98. The van der Waals surface area contributed by atoms with Gasteiger partial charge in [-0.1, -0.05) is 18.2 Å². The van der Waals surface area contributed by atoms with Crippen molar-refractivity contribution in [2.75, 3.05) is 25.6 Å². The number of alkyl halides is 3. The Balaban J connectivity index is 0.000000616. The van der Waals surface area contributed by atoms with E-state index in [0.29, 0.717) is 12.2 Å². The first-order valence-corrected chi connectivity index (χ1v) is 12.6. The van der Waals surface area contributed by atoms with E-state index in [1.807, 2.05) is 42.6 Å². The van der Waals surface area contributed by atoms with Gasteiger partial charge >= 0.3 is 24.1 Å². The second-order valence-electron chi connectivity index (χ2n) is 8.86. The molecule has 0 spiro atoms. The number of carboxylic acids is 2. The third kappa shape index (κ3) is 8.98. The number of benzene rings is 2. The van der Waals surface area contributed by atoms with Gasteiger partial charge in [0.1, 0.15) is 11.6 Å². The van der Waals surface area contributed by atoms with Crippen molar-refractivity contribution >= 4 is 34.6 Å². The molecule has 4 N–H and O–H groups in total. The molecule has 42 heavy (non-hydrogen) atoms. The molecule has 4 rings (SSSR count). The van der Waals surface area contributed by atoms with Gasteiger partial charge < -0.3 is 30.0 Å². The summed E-state index contributed by atoms with van der Waals surface area (Å²) in [5, 5.41) is 20.8. The maximum atomic E-state index is 11.7. The molecule has 1 atom stereocenters. The first-order valence-electron chi connectivity index (χ1n) is 12.6. The van der Waals surface area contributed by atoms with Gasteiger partial charge in [0.05, 0.1) is 25.7 Å². The van der Waals surface area contributed by atoms with E-state index in [9.17, 15) is 27.9 Å². The predicted molar refractivity (Wildman–Crippen MR) is 147 cm³/mol. The molecule has 0 aliphatic heterocycles. The molecule has 0 fully saturated rings. The lowest BCUT2D eigenvalue weighted by Crippen LogP contribution is -2.21. The van der Waals surface area contributed by atoms with Crippen LogP contribution in [0.15, 0.2) is 73.1 Å². The summed E-state index contributed by atoms with van der Waals surface area (Å²) < 4.78 is 42.4. The number of esters is 1. The van der Waals surface area contributed by atoms with Crippen molar-refractivity contribution in [3.8, 4) is 5.75 Å². The van der Waals surface area contributed by atoms with Crippen molar-refractivity contribution in [2.24, 2.45) is 0 Å². The molecular formula is C29H28F3N3O7. The van der Waals surface area contributed by atoms with Gasteiger partial charge in [0, 0.05) is 41.8 Å². The highest BCUT2D eigenvalue weighted by Gasteiger charge is 2.38. The van der Waals surface area contributed by atoms with E-state index < -0.39 is 24.1 Å². The number of fused-ring (bicyclic) bond motifs is 1. The highest BCUT2D eigenvalue weighted by atomic mass is 19.4. The Bertz CT molecular complexity index is 1490. The Morgan fingerprint density at radius 1 is 1.05 bits per heavy atom. The number of carboxylic acid groups (broad SMARTS) is 2. The van der Waals surface area contributed by atoms with Gasteiger partial charge in [-0.15, -0.1) is 0 Å². The number of carbonyl (C=O) groups is 3. The lowest BCUT2D eigenvalue weighted by Gasteiger charge is -2.16. The fourth-order valence-electron chi connectivity index (χ4n) is 4.00. The molecule has 222 valence electrons. The number of nitrogens with zero attached hydrogens (tertiary/aromatic N) is 1. The molecule has 0 saturated heterocycles. The molecule has 0 bridgehead atoms. The Morgan fingerprint density at radius 2 is 1.76 bits per heavy atom. The molecule has 13 heteroatoms. The first kappa shape index (κ1) is 31.5. The number of nitrogens with one attached hydrogen (secondary N) is 2. The fraction of sp³-hybridized carbons (Fsp3) is 0.241. The monoisotopic (exact) mass is 587 g/mol. The zero-order valence-electron chi connectivity index (χ0n) is 22.4. The molecule has 0 aliphatic carbocycles. The fourth-order valence-corrected chi connectivity index (χ4v) is 4.00. The number of aromatic nitrogens is 2. The van der Waals surface area contributed by atoms with Gasteiger partial charge in [-0.3, -0.25) is 4.79 Å². The van der Waals surface area contributed by atoms with E-state index in [1.165, 1.54) is 7.11 Å². The summed E-state index contributed by atoms with van der Waals surface area (Å²) in [6.07, 6.45) is -0.761. The second-order valence-corrected chi connectivity index (χ2v) is 8.86. The van der Waals surface area contributed by atoms with Gasteiger partial charge in [0.15, 0.2) is 0 Å². The van der Waals surface area contributed by atoms with E-state index in [0.717, 1.165) is 46.6 Å². The van der Waals surface area contributed by atoms with Crippen molar-refractivity contribution in [1.82, 2.24) is 9.97 Å². The lowest BCUT2D eigenvalue weighted by atomic mass is 9.88. The van der Waals surface area contributed by atoms with Crippen molar-refractivity contribution in [1.29, 1.82) is 0 Å². The number of H-pyrrole nitrogens is 1. The molecule has 2 aromatic carbocycles. The molecule has 0 amide bonds. The van der Waals surface area contributed by atoms with Crippen LogP contribution in [0.2, 0.25) is 0 Å². The van der Waals surface area contributed by atoms with Crippen LogP contribution in [0.5, 0.6) is 5.75 Å². The van der Waals surface area contributed by atoms with Gasteiger partial charge in [-0.05, 0) is 53.9 Å². The first-order chi connectivity index (χ1) is 20.0. The summed E-state index contributed by atoms with van der Waals surface area (Å²) in [5.41, 5.74) is 2.97. The Kier molecular flexibility index (Phi) is 10.9. The number of pyridine rings is 1. The molecule has 2 aromatic heterocycles. The second kappa shape index (κ2) is 14.5. The third-order valence-electron chi connectivity index (χ3n) is 5.98. The number of ether oxygens (including phenoxy) is 2. The number of aromatic amines is 1. The smallest absolute Gasteiger partial charge is 0.490 e. The Morgan fingerprint density at radius 3 is 2.36 bits per heavy atom. The van der Waals surface area contributed by atoms with Crippen LogP contribution in [0.1, 0.15) is 40.2 Å². The molecule has 1 unspecified atom stereocenters. The molecule has 4 aromatic rings. The summed E-state index contributed by atoms with van der Waals surface area (Å²) in [7, 11) is 1.33. The highest BCUT2D eigenvalue weighted by Crippen LogP contribution is 2.35. The van der Waals surface area contributed by atoms with Crippen LogP contribution in [0.4, 0.5) is 19.0 Å². The van der Waals surface area contributed by atoms with E-state index in [2.05, 4.69) is 15.3 Å². The summed E-state index contributed by atoms with van der Waals surface area (Å²) in [6.45, 7) is 1.30. The summed E-state index contributed by atoms with van der Waals surface area (Å²) in [4.78, 5) is 39.8. The van der Waals surface area contributed by atoms with Crippen molar-refractivity contribution < 1.29 is 47.2 Å². The number of methoxy groups -OCH3 is 1. The quantitative estimate of drug-likeness (QED) is 0.132. The van der Waals surface area contributed by atoms with Crippen molar-refractivity contribution in [2.45, 2.75) is 24.9 Å². The van der Waals surface area contributed by atoms with Gasteiger partial charge in [0.25, 0.3) is 0 Å². The maximum absolute atomic E-state index is 11.7. The zero-order valence-corrected chi connectivity index (χ0v) is 22.4. The maximum Gasteiger partial charge on any atom is 0.490 e. The average molecular weight is 588 g/mol. The topological polar surface area (TPSA) is 151 Å². The number of hydrogen-bond donors (Lipinski definition) is 4. The minimum atomic E-state index is -5.08. The summed E-state index contributed by atoms with van der Waals surface area (Å²) in [5.74, 6) is -2.89. The van der Waals surface area contributed by atoms with Gasteiger partial charge in [-0.2, -0.15) is 13.2 Å². The van der Waals surface area contributed by atoms with E-state index in [1.54, 1.807) is 30.5 Å². The van der Waals surface area contributed by atoms with E-state index >= 15 is 0 Å². The van der Waals surface area contributed by atoms with Crippen LogP contribution in [-0.2, 0) is 14.3 Å². The Labute approximate surface area is 238 Å². The molecule has 2 heterocycles. The van der Waals surface area contributed by atoms with Gasteiger partial charge in [0.2, 0.25) is 0 Å². The number of anilines is 1. The van der Waals surface area contributed by atoms with Crippen LogP contribution in [-0.4, -0.2) is 64.5 Å². The van der Waals surface area contributed by atoms with Crippen LogP contribution in [0.3, 0.4) is 0 Å². The van der Waals surface area contributed by atoms with Crippen LogP contribution < -0.4 is 10.1 Å². The van der Waals surface area contributed by atoms with E-state index in [-0.39, 0.29) is 12.3 Å². The Hall–Kier alpha value is -5.07. The normalized spacial score (nSPS) is 11.6. The minimum absolute atomic E-state index is 0.0773. The number of rotatable bonds is 11. The molecular weight excluding hydrogens is 559 g/mol. The number of carbonyl (C=O) groups excluding carboxylic acids is 1. The zero-order chi connectivity index (χ0) is 30.7. The van der Waals surface area contributed by atoms with Gasteiger partial charge in [-0.25, -0.2) is 14.6 Å². The van der Waals surface area contributed by atoms with Crippen LogP contribution in [0.25, 0.3) is 10.9 Å². The van der Waals surface area contributed by atoms with Crippen LogP contribution in [0, 0.1) is 0 Å². The highest BCUT2D eigenvalue weighted by molar-refractivity contribution is 5.89. The molecule has 0 saturated carbocycles. The number of hydrogen-bond acceptors (Lipinski definition) is 7. The van der Waals surface area contributed by atoms with Crippen molar-refractivity contribution in [3.63, 3.8) is 0 Å². The minimum Gasteiger partial charge on any atom is -0.493 e. The standard InChI is InChI=1S/C27H27N3O5.C2HF3O2/c1-34-27(33)19-8-6-18(7-9-19)22(16-26(31)32)23-17-30-24-15-20(10-11-21(23)24)35-14-4-13-29-25-5-2-3-12-28-25;3-2(4,5)1(6)7/h2-3,5-12,15,17,22,30H,4,13-14,16H2,1H3,(H,28,29)(H,31,32);(H,6,7). The average Bonchev–Trinajstić information content (AvgIpc) is 3.39. The SMILES string of the molecule is COC(=O)c1ccc(C(CC(=O)O)c2c[nH]c3cc(OCCCNc4ccccn4)ccc23)cc1.O=C(O)C(F)(F)F.